The van der Waals surface area contributed by atoms with Gasteiger partial charge in [-0.3, -0.25) is 4.79 Å². The molecule has 0 saturated heterocycles. The van der Waals surface area contributed by atoms with Crippen LogP contribution in [0.15, 0.2) is 23.9 Å². The van der Waals surface area contributed by atoms with E-state index in [0.29, 0.717) is 5.57 Å². The first kappa shape index (κ1) is 13.7. The van der Waals surface area contributed by atoms with E-state index in [-0.39, 0.29) is 12.5 Å². The van der Waals surface area contributed by atoms with Gasteiger partial charge < -0.3 is 15.7 Å². The average Bonchev–Trinajstić information content (AvgIpc) is 2.20. The maximum Gasteiger partial charge on any atom is 0.251 e. The highest BCUT2D eigenvalue weighted by molar-refractivity contribution is 5.96. The fraction of sp³-hybridized carbons (Fsp3) is 0.545. The maximum absolute atomic E-state index is 11.6. The number of amides is 1. The van der Waals surface area contributed by atoms with Crippen molar-refractivity contribution < 1.29 is 9.90 Å². The molecule has 0 bridgehead atoms. The number of aliphatic hydroxyl groups is 1. The predicted molar refractivity (Wildman–Crippen MR) is 61.3 cm³/mol. The number of nitrogens with one attached hydrogen (secondary N) is 2. The van der Waals surface area contributed by atoms with Gasteiger partial charge in [-0.05, 0) is 25.6 Å². The van der Waals surface area contributed by atoms with Gasteiger partial charge in [-0.25, -0.2) is 0 Å². The van der Waals surface area contributed by atoms with E-state index < -0.39 is 6.10 Å². The molecule has 1 amide bonds. The Hall–Kier alpha value is -1.29. The normalized spacial score (nSPS) is 14.0. The molecule has 4 heteroatoms. The second-order valence-corrected chi connectivity index (χ2v) is 3.25. The second kappa shape index (κ2) is 8.05. The van der Waals surface area contributed by atoms with E-state index in [9.17, 15) is 4.79 Å². The number of carbonyl (C=O) groups excluding carboxylic acids is 1. The van der Waals surface area contributed by atoms with Gasteiger partial charge in [0.1, 0.15) is 0 Å². The Kier molecular flexibility index (Phi) is 7.36. The molecule has 0 spiro atoms. The van der Waals surface area contributed by atoms with Crippen LogP contribution in [-0.4, -0.2) is 30.7 Å². The maximum atomic E-state index is 11.6. The number of allylic oxidation sites excluding steroid dienone is 1. The molecule has 0 aromatic carbocycles. The molecule has 1 unspecified atom stereocenters. The molecule has 86 valence electrons. The van der Waals surface area contributed by atoms with Crippen molar-refractivity contribution in [1.82, 2.24) is 10.6 Å². The molecule has 0 aliphatic rings. The van der Waals surface area contributed by atoms with Gasteiger partial charge in [0.25, 0.3) is 5.91 Å². The van der Waals surface area contributed by atoms with Crippen molar-refractivity contribution in [2.24, 2.45) is 0 Å². The van der Waals surface area contributed by atoms with E-state index >= 15 is 0 Å². The van der Waals surface area contributed by atoms with E-state index in [0.717, 1.165) is 6.42 Å². The fourth-order valence-corrected chi connectivity index (χ4v) is 0.972. The first-order chi connectivity index (χ1) is 7.11. The van der Waals surface area contributed by atoms with Crippen LogP contribution in [0, 0.1) is 0 Å². The lowest BCUT2D eigenvalue weighted by Gasteiger charge is -2.07. The van der Waals surface area contributed by atoms with Crippen LogP contribution >= 0.6 is 0 Å². The minimum Gasteiger partial charge on any atom is -0.394 e. The summed E-state index contributed by atoms with van der Waals surface area (Å²) in [6, 6.07) is 0. The number of hydrogen-bond donors (Lipinski definition) is 3. The topological polar surface area (TPSA) is 61.4 Å². The van der Waals surface area contributed by atoms with Crippen molar-refractivity contribution in [3.05, 3.63) is 23.9 Å². The smallest absolute Gasteiger partial charge is 0.251 e. The fourth-order valence-electron chi connectivity index (χ4n) is 0.972. The summed E-state index contributed by atoms with van der Waals surface area (Å²) in [7, 11) is 1.77. The van der Waals surface area contributed by atoms with Crippen LogP contribution in [0.4, 0.5) is 0 Å². The van der Waals surface area contributed by atoms with Crippen LogP contribution in [0.3, 0.4) is 0 Å². The lowest BCUT2D eigenvalue weighted by molar-refractivity contribution is -0.117. The zero-order chi connectivity index (χ0) is 11.7. The van der Waals surface area contributed by atoms with Gasteiger partial charge in [-0.15, -0.1) is 0 Å². The molecule has 4 nitrogen and oxygen atoms in total. The van der Waals surface area contributed by atoms with Crippen molar-refractivity contribution in [3.63, 3.8) is 0 Å². The van der Waals surface area contributed by atoms with Crippen LogP contribution in [-0.2, 0) is 4.79 Å². The molecule has 0 rings (SSSR count). The predicted octanol–water partition coefficient (Wildman–Crippen LogP) is 0.553. The molecule has 0 aromatic heterocycles. The Labute approximate surface area is 91.1 Å². The number of hydrogen-bond acceptors (Lipinski definition) is 3. The van der Waals surface area contributed by atoms with Gasteiger partial charge in [0.2, 0.25) is 0 Å². The van der Waals surface area contributed by atoms with Gasteiger partial charge in [0.15, 0.2) is 0 Å². The summed E-state index contributed by atoms with van der Waals surface area (Å²) in [5.74, 6) is -0.163. The molecule has 0 saturated carbocycles. The molecule has 0 radical (unpaired) electrons. The molecule has 1 atom stereocenters. The molecular formula is C11H20N2O2. The largest absolute Gasteiger partial charge is 0.394 e. The van der Waals surface area contributed by atoms with Crippen molar-refractivity contribution >= 4 is 5.91 Å². The summed E-state index contributed by atoms with van der Waals surface area (Å²) < 4.78 is 0. The van der Waals surface area contributed by atoms with E-state index in [4.69, 9.17) is 5.11 Å². The van der Waals surface area contributed by atoms with Crippen LogP contribution in [0.2, 0.25) is 0 Å². The summed E-state index contributed by atoms with van der Waals surface area (Å²) in [4.78, 5) is 11.6. The Morgan fingerprint density at radius 1 is 1.53 bits per heavy atom. The van der Waals surface area contributed by atoms with Crippen molar-refractivity contribution in [3.8, 4) is 0 Å². The highest BCUT2D eigenvalue weighted by Crippen LogP contribution is 1.99. The Bertz CT molecular complexity index is 245. The van der Waals surface area contributed by atoms with Crippen LogP contribution < -0.4 is 10.6 Å². The molecule has 0 fully saturated rings. The lowest BCUT2D eigenvalue weighted by atomic mass is 10.2. The summed E-state index contributed by atoms with van der Waals surface area (Å²) in [5.41, 5.74) is 0.604. The highest BCUT2D eigenvalue weighted by atomic mass is 16.3. The van der Waals surface area contributed by atoms with Gasteiger partial charge in [0.05, 0.1) is 6.10 Å². The summed E-state index contributed by atoms with van der Waals surface area (Å²) >= 11 is 0. The zero-order valence-electron chi connectivity index (χ0n) is 9.58. The van der Waals surface area contributed by atoms with Crippen LogP contribution in [0.5, 0.6) is 0 Å². The molecule has 0 aromatic rings. The van der Waals surface area contributed by atoms with Gasteiger partial charge in [0, 0.05) is 19.2 Å². The Morgan fingerprint density at radius 3 is 2.67 bits per heavy atom. The molecule has 3 N–H and O–H groups in total. The third-order valence-corrected chi connectivity index (χ3v) is 1.67. The van der Waals surface area contributed by atoms with Crippen LogP contribution in [0.25, 0.3) is 0 Å². The lowest BCUT2D eigenvalue weighted by Crippen LogP contribution is -2.31. The molecular weight excluding hydrogens is 192 g/mol. The summed E-state index contributed by atoms with van der Waals surface area (Å²) in [6.45, 7) is 3.87. The molecule has 0 heterocycles. The Balaban J connectivity index is 4.30. The van der Waals surface area contributed by atoms with Gasteiger partial charge in [-0.2, -0.15) is 0 Å². The van der Waals surface area contributed by atoms with Crippen molar-refractivity contribution in [2.45, 2.75) is 26.4 Å². The first-order valence-electron chi connectivity index (χ1n) is 5.12. The molecule has 0 aliphatic carbocycles. The van der Waals surface area contributed by atoms with Gasteiger partial charge in [-0.1, -0.05) is 13.0 Å². The monoisotopic (exact) mass is 212 g/mol. The highest BCUT2D eigenvalue weighted by Gasteiger charge is 2.05. The van der Waals surface area contributed by atoms with Crippen LogP contribution in [0.1, 0.15) is 20.3 Å². The molecule has 15 heavy (non-hydrogen) atoms. The summed E-state index contributed by atoms with van der Waals surface area (Å²) in [5, 5.41) is 14.5. The second-order valence-electron chi connectivity index (χ2n) is 3.25. The minimum absolute atomic E-state index is 0.163. The molecule has 0 aliphatic heterocycles. The quantitative estimate of drug-likeness (QED) is 0.445. The van der Waals surface area contributed by atoms with Crippen molar-refractivity contribution in [2.75, 3.05) is 13.6 Å². The SMILES string of the molecule is CC/C=C(\C=C/NC)C(=O)NCC(C)O. The number of carbonyl (C=O) groups is 1. The van der Waals surface area contributed by atoms with E-state index in [1.54, 1.807) is 26.2 Å². The van der Waals surface area contributed by atoms with E-state index in [1.165, 1.54) is 0 Å². The third kappa shape index (κ3) is 6.74. The van der Waals surface area contributed by atoms with E-state index in [2.05, 4.69) is 10.6 Å². The minimum atomic E-state index is -0.523. The zero-order valence-corrected chi connectivity index (χ0v) is 9.58. The Morgan fingerprint density at radius 2 is 2.20 bits per heavy atom. The first-order valence-corrected chi connectivity index (χ1v) is 5.12. The third-order valence-electron chi connectivity index (χ3n) is 1.67. The van der Waals surface area contributed by atoms with Crippen molar-refractivity contribution in [1.29, 1.82) is 0 Å². The summed E-state index contributed by atoms with van der Waals surface area (Å²) in [6.07, 6.45) is 5.52. The van der Waals surface area contributed by atoms with E-state index in [1.807, 2.05) is 13.0 Å². The average molecular weight is 212 g/mol. The van der Waals surface area contributed by atoms with Gasteiger partial charge >= 0.3 is 0 Å². The number of aliphatic hydroxyl groups excluding tert-OH is 1. The standard InChI is InChI=1S/C11H20N2O2/c1-4-5-10(6-7-12-3)11(15)13-8-9(2)14/h5-7,9,12,14H,4,8H2,1-3H3,(H,13,15)/b7-6-,10-5+. The number of rotatable bonds is 6.